The molecular weight excluding hydrogens is 320 g/mol. The van der Waals surface area contributed by atoms with Gasteiger partial charge in [0, 0.05) is 6.61 Å². The van der Waals surface area contributed by atoms with E-state index < -0.39 is 0 Å². The predicted molar refractivity (Wildman–Crippen MR) is 92.3 cm³/mol. The van der Waals surface area contributed by atoms with Crippen LogP contribution < -0.4 is 10.5 Å². The van der Waals surface area contributed by atoms with Gasteiger partial charge in [0.2, 0.25) is 0 Å². The molecule has 1 aromatic carbocycles. The average molecular weight is 343 g/mol. The monoisotopic (exact) mass is 343 g/mol. The Bertz CT molecular complexity index is 820. The second kappa shape index (κ2) is 6.93. The molecule has 2 aliphatic heterocycles. The Hall–Kier alpha value is -2.25. The lowest BCUT2D eigenvalue weighted by molar-refractivity contribution is -0.918. The number of para-hydroxylation sites is 1. The number of nitrogens with zero attached hydrogens (tertiary/aromatic N) is 2. The summed E-state index contributed by atoms with van der Waals surface area (Å²) in [5, 5.41) is 0.619. The SMILES string of the molecule is O=C([C@H]1CCCO1)N1CC[NH+](Cc2nc3ccccc3c(=O)[nH]2)CC1. The summed E-state index contributed by atoms with van der Waals surface area (Å²) in [6.45, 7) is 4.53. The van der Waals surface area contributed by atoms with Gasteiger partial charge in [0.1, 0.15) is 12.6 Å². The molecule has 1 amide bonds. The first-order valence-electron chi connectivity index (χ1n) is 8.92. The lowest BCUT2D eigenvalue weighted by atomic mass is 10.2. The zero-order valence-electron chi connectivity index (χ0n) is 14.2. The summed E-state index contributed by atoms with van der Waals surface area (Å²) < 4.78 is 5.50. The Morgan fingerprint density at radius 3 is 2.88 bits per heavy atom. The van der Waals surface area contributed by atoms with Crippen molar-refractivity contribution in [1.82, 2.24) is 14.9 Å². The van der Waals surface area contributed by atoms with E-state index in [1.54, 1.807) is 6.07 Å². The number of fused-ring (bicyclic) bond motifs is 1. The van der Waals surface area contributed by atoms with Gasteiger partial charge in [-0.3, -0.25) is 9.59 Å². The molecule has 132 valence electrons. The Labute approximate surface area is 145 Å². The van der Waals surface area contributed by atoms with Gasteiger partial charge < -0.3 is 19.5 Å². The number of carbonyl (C=O) groups excluding carboxylic acids is 1. The number of nitrogens with one attached hydrogen (secondary N) is 2. The van der Waals surface area contributed by atoms with Crippen molar-refractivity contribution in [3.8, 4) is 0 Å². The molecule has 0 unspecified atom stereocenters. The van der Waals surface area contributed by atoms with Crippen LogP contribution in [0.3, 0.4) is 0 Å². The van der Waals surface area contributed by atoms with E-state index >= 15 is 0 Å². The fourth-order valence-corrected chi connectivity index (χ4v) is 3.65. The lowest BCUT2D eigenvalue weighted by Gasteiger charge is -2.33. The van der Waals surface area contributed by atoms with E-state index in [2.05, 4.69) is 9.97 Å². The maximum atomic E-state index is 12.4. The maximum Gasteiger partial charge on any atom is 0.258 e. The predicted octanol–water partition coefficient (Wildman–Crippen LogP) is -0.671. The van der Waals surface area contributed by atoms with Gasteiger partial charge in [-0.05, 0) is 25.0 Å². The molecule has 2 saturated heterocycles. The fraction of sp³-hybridized carbons (Fsp3) is 0.500. The number of hydrogen-bond donors (Lipinski definition) is 2. The standard InChI is InChI=1S/C18H22N4O3/c23-17-13-4-1-2-5-14(13)19-16(20-17)12-21-7-9-22(10-8-21)18(24)15-6-3-11-25-15/h1-2,4-5,15H,3,6-12H2,(H,19,20,23)/p+1/t15-/m1/s1. The number of carbonyl (C=O) groups is 1. The van der Waals surface area contributed by atoms with Crippen LogP contribution in [0, 0.1) is 0 Å². The van der Waals surface area contributed by atoms with Crippen LogP contribution in [0.15, 0.2) is 29.1 Å². The number of amides is 1. The van der Waals surface area contributed by atoms with Crippen molar-refractivity contribution < 1.29 is 14.4 Å². The van der Waals surface area contributed by atoms with Crippen LogP contribution in [-0.4, -0.2) is 59.7 Å². The highest BCUT2D eigenvalue weighted by atomic mass is 16.5. The minimum absolute atomic E-state index is 0.0906. The van der Waals surface area contributed by atoms with E-state index in [-0.39, 0.29) is 17.6 Å². The van der Waals surface area contributed by atoms with E-state index in [1.807, 2.05) is 23.1 Å². The van der Waals surface area contributed by atoms with Crippen molar-refractivity contribution >= 4 is 16.8 Å². The van der Waals surface area contributed by atoms with E-state index in [1.165, 1.54) is 4.90 Å². The van der Waals surface area contributed by atoms with Gasteiger partial charge in [-0.25, -0.2) is 4.98 Å². The smallest absolute Gasteiger partial charge is 0.258 e. The highest BCUT2D eigenvalue weighted by Gasteiger charge is 2.31. The topological polar surface area (TPSA) is 79.7 Å². The van der Waals surface area contributed by atoms with Gasteiger partial charge in [-0.1, -0.05) is 12.1 Å². The molecule has 0 radical (unpaired) electrons. The number of hydrogen-bond acceptors (Lipinski definition) is 4. The van der Waals surface area contributed by atoms with Crippen LogP contribution in [0.5, 0.6) is 0 Å². The van der Waals surface area contributed by atoms with E-state index in [0.717, 1.165) is 44.5 Å². The minimum Gasteiger partial charge on any atom is -0.368 e. The molecule has 1 atom stereocenters. The molecule has 0 bridgehead atoms. The Morgan fingerprint density at radius 1 is 1.32 bits per heavy atom. The van der Waals surface area contributed by atoms with Crippen molar-refractivity contribution in [2.24, 2.45) is 0 Å². The van der Waals surface area contributed by atoms with Crippen molar-refractivity contribution in [2.45, 2.75) is 25.5 Å². The number of aromatic amines is 1. The number of rotatable bonds is 3. The maximum absolute atomic E-state index is 12.4. The number of H-pyrrole nitrogens is 1. The normalized spacial score (nSPS) is 21.8. The Balaban J connectivity index is 1.38. The van der Waals surface area contributed by atoms with Crippen LogP contribution in [0.2, 0.25) is 0 Å². The molecule has 2 aliphatic rings. The third-order valence-electron chi connectivity index (χ3n) is 5.07. The van der Waals surface area contributed by atoms with Gasteiger partial charge in [-0.2, -0.15) is 0 Å². The van der Waals surface area contributed by atoms with Gasteiger partial charge >= 0.3 is 0 Å². The highest BCUT2D eigenvalue weighted by Crippen LogP contribution is 2.14. The van der Waals surface area contributed by atoms with Crippen molar-refractivity contribution in [1.29, 1.82) is 0 Å². The van der Waals surface area contributed by atoms with Crippen LogP contribution in [-0.2, 0) is 16.1 Å². The third-order valence-corrected chi connectivity index (χ3v) is 5.07. The molecule has 0 aliphatic carbocycles. The lowest BCUT2D eigenvalue weighted by Crippen LogP contribution is -3.13. The average Bonchev–Trinajstić information content (AvgIpc) is 3.16. The Morgan fingerprint density at radius 2 is 2.12 bits per heavy atom. The number of quaternary nitrogens is 1. The van der Waals surface area contributed by atoms with Gasteiger partial charge in [0.15, 0.2) is 5.82 Å². The summed E-state index contributed by atoms with van der Waals surface area (Å²) in [7, 11) is 0. The first-order valence-corrected chi connectivity index (χ1v) is 8.92. The van der Waals surface area contributed by atoms with E-state index in [9.17, 15) is 9.59 Å². The zero-order valence-corrected chi connectivity index (χ0v) is 14.2. The largest absolute Gasteiger partial charge is 0.368 e. The van der Waals surface area contributed by atoms with E-state index in [0.29, 0.717) is 24.4 Å². The molecule has 2 fully saturated rings. The third kappa shape index (κ3) is 3.43. The van der Waals surface area contributed by atoms with E-state index in [4.69, 9.17) is 4.74 Å². The molecular formula is C18H23N4O3+. The van der Waals surface area contributed by atoms with Gasteiger partial charge in [0.05, 0.1) is 37.1 Å². The fourth-order valence-electron chi connectivity index (χ4n) is 3.65. The molecule has 2 N–H and O–H groups in total. The number of aromatic nitrogens is 2. The first kappa shape index (κ1) is 16.2. The molecule has 7 heteroatoms. The molecule has 7 nitrogen and oxygen atoms in total. The van der Waals surface area contributed by atoms with Gasteiger partial charge in [0.25, 0.3) is 11.5 Å². The summed E-state index contributed by atoms with van der Waals surface area (Å²) in [4.78, 5) is 35.2. The van der Waals surface area contributed by atoms with Gasteiger partial charge in [-0.15, -0.1) is 0 Å². The molecule has 4 rings (SSSR count). The highest BCUT2D eigenvalue weighted by molar-refractivity contribution is 5.81. The second-order valence-electron chi connectivity index (χ2n) is 6.78. The summed E-state index contributed by atoms with van der Waals surface area (Å²) in [5.41, 5.74) is 0.639. The molecule has 25 heavy (non-hydrogen) atoms. The van der Waals surface area contributed by atoms with Crippen LogP contribution in [0.4, 0.5) is 0 Å². The summed E-state index contributed by atoms with van der Waals surface area (Å²) in [6, 6.07) is 7.38. The summed E-state index contributed by atoms with van der Waals surface area (Å²) in [6.07, 6.45) is 1.58. The molecule has 0 saturated carbocycles. The van der Waals surface area contributed by atoms with Crippen LogP contribution >= 0.6 is 0 Å². The molecule has 1 aromatic heterocycles. The molecule has 0 spiro atoms. The van der Waals surface area contributed by atoms with Crippen LogP contribution in [0.25, 0.3) is 10.9 Å². The zero-order chi connectivity index (χ0) is 17.2. The van der Waals surface area contributed by atoms with Crippen molar-refractivity contribution in [3.63, 3.8) is 0 Å². The summed E-state index contributed by atoms with van der Waals surface area (Å²) in [5.74, 6) is 0.839. The van der Waals surface area contributed by atoms with Crippen molar-refractivity contribution in [2.75, 3.05) is 32.8 Å². The number of ether oxygens (including phenoxy) is 1. The quantitative estimate of drug-likeness (QED) is 0.775. The van der Waals surface area contributed by atoms with Crippen molar-refractivity contribution in [3.05, 3.63) is 40.4 Å². The van der Waals surface area contributed by atoms with Crippen LogP contribution in [0.1, 0.15) is 18.7 Å². The minimum atomic E-state index is -0.236. The Kier molecular flexibility index (Phi) is 4.50. The number of benzene rings is 1. The first-order chi connectivity index (χ1) is 12.2. The molecule has 3 heterocycles. The molecule has 2 aromatic rings. The number of piperazine rings is 1. The second-order valence-corrected chi connectivity index (χ2v) is 6.78. The summed E-state index contributed by atoms with van der Waals surface area (Å²) >= 11 is 0.